The third kappa shape index (κ3) is 3.44. The van der Waals surface area contributed by atoms with E-state index < -0.39 is 0 Å². The molecule has 4 heteroatoms. The minimum Gasteiger partial charge on any atom is -0.328 e. The summed E-state index contributed by atoms with van der Waals surface area (Å²) >= 11 is 0. The van der Waals surface area contributed by atoms with Crippen LogP contribution in [-0.2, 0) is 0 Å². The molecule has 2 aliphatic heterocycles. The Morgan fingerprint density at radius 3 is 2.43 bits per heavy atom. The predicted molar refractivity (Wildman–Crippen MR) is 83.6 cm³/mol. The summed E-state index contributed by atoms with van der Waals surface area (Å²) < 4.78 is 13.0. The van der Waals surface area contributed by atoms with Gasteiger partial charge in [-0.05, 0) is 57.0 Å². The Bertz CT molecular complexity index is 454. The van der Waals surface area contributed by atoms with E-state index in [1.54, 1.807) is 12.1 Å². The highest BCUT2D eigenvalue weighted by Crippen LogP contribution is 2.28. The summed E-state index contributed by atoms with van der Waals surface area (Å²) in [6.45, 7) is 6.76. The second kappa shape index (κ2) is 6.42. The number of hydrogen-bond donors (Lipinski definition) is 1. The molecular formula is C17H26FN3. The van der Waals surface area contributed by atoms with Crippen LogP contribution < -0.4 is 5.73 Å². The first kappa shape index (κ1) is 14.9. The number of piperidine rings is 1. The lowest BCUT2D eigenvalue weighted by Gasteiger charge is -2.35. The number of likely N-dealkylation sites (tertiary alicyclic amines) is 2. The monoisotopic (exact) mass is 291 g/mol. The van der Waals surface area contributed by atoms with Crippen LogP contribution in [0.25, 0.3) is 0 Å². The van der Waals surface area contributed by atoms with Crippen molar-refractivity contribution in [3.63, 3.8) is 0 Å². The van der Waals surface area contributed by atoms with Gasteiger partial charge in [0.05, 0.1) is 0 Å². The number of nitrogens with zero attached hydrogens (tertiary/aromatic N) is 2. The van der Waals surface area contributed by atoms with E-state index >= 15 is 0 Å². The van der Waals surface area contributed by atoms with Crippen molar-refractivity contribution in [1.82, 2.24) is 9.80 Å². The van der Waals surface area contributed by atoms with Crippen LogP contribution in [-0.4, -0.2) is 48.1 Å². The molecule has 2 unspecified atom stereocenters. The number of nitrogens with two attached hydrogens (primary N) is 1. The van der Waals surface area contributed by atoms with E-state index in [4.69, 9.17) is 5.73 Å². The van der Waals surface area contributed by atoms with Crippen molar-refractivity contribution < 1.29 is 4.39 Å². The molecular weight excluding hydrogens is 265 g/mol. The van der Waals surface area contributed by atoms with Crippen molar-refractivity contribution in [2.75, 3.05) is 26.2 Å². The molecule has 2 atom stereocenters. The Labute approximate surface area is 126 Å². The fourth-order valence-corrected chi connectivity index (χ4v) is 3.65. The summed E-state index contributed by atoms with van der Waals surface area (Å²) in [5, 5.41) is 0. The van der Waals surface area contributed by atoms with Crippen LogP contribution in [0.4, 0.5) is 4.39 Å². The van der Waals surface area contributed by atoms with Crippen LogP contribution in [0.5, 0.6) is 0 Å². The number of rotatable bonds is 3. The van der Waals surface area contributed by atoms with Crippen molar-refractivity contribution in [1.29, 1.82) is 0 Å². The quantitative estimate of drug-likeness (QED) is 0.928. The van der Waals surface area contributed by atoms with Gasteiger partial charge in [-0.2, -0.15) is 0 Å². The minimum absolute atomic E-state index is 0.157. The molecule has 2 heterocycles. The third-order valence-electron chi connectivity index (χ3n) is 5.19. The van der Waals surface area contributed by atoms with Gasteiger partial charge in [-0.1, -0.05) is 12.1 Å². The predicted octanol–water partition coefficient (Wildman–Crippen LogP) is 2.38. The van der Waals surface area contributed by atoms with Crippen molar-refractivity contribution in [3.05, 3.63) is 35.6 Å². The average Bonchev–Trinajstić information content (AvgIpc) is 2.98. The highest BCUT2D eigenvalue weighted by molar-refractivity contribution is 5.19. The van der Waals surface area contributed by atoms with Gasteiger partial charge in [0.15, 0.2) is 0 Å². The smallest absolute Gasteiger partial charge is 0.123 e. The van der Waals surface area contributed by atoms with Gasteiger partial charge in [0.25, 0.3) is 0 Å². The molecule has 2 aliphatic rings. The van der Waals surface area contributed by atoms with E-state index in [-0.39, 0.29) is 5.82 Å². The fourth-order valence-electron chi connectivity index (χ4n) is 3.65. The topological polar surface area (TPSA) is 32.5 Å². The van der Waals surface area contributed by atoms with Crippen LogP contribution in [0, 0.1) is 5.82 Å². The second-order valence-electron chi connectivity index (χ2n) is 6.54. The van der Waals surface area contributed by atoms with Crippen LogP contribution in [0.15, 0.2) is 24.3 Å². The molecule has 1 aromatic rings. The van der Waals surface area contributed by atoms with Crippen LogP contribution in [0.1, 0.15) is 37.8 Å². The summed E-state index contributed by atoms with van der Waals surface area (Å²) in [7, 11) is 0. The normalized spacial score (nSPS) is 27.1. The first-order chi connectivity index (χ1) is 10.1. The van der Waals surface area contributed by atoms with Crippen LogP contribution in [0.3, 0.4) is 0 Å². The summed E-state index contributed by atoms with van der Waals surface area (Å²) in [5.41, 5.74) is 7.20. The summed E-state index contributed by atoms with van der Waals surface area (Å²) in [4.78, 5) is 5.13. The SMILES string of the molecule is CC(c1ccc(F)cc1)N1CCC(N2CCC(N)CC2)C1. The van der Waals surface area contributed by atoms with Crippen molar-refractivity contribution in [3.8, 4) is 0 Å². The minimum atomic E-state index is -0.157. The standard InChI is InChI=1S/C17H26FN3/c1-13(14-2-4-15(18)5-3-14)21-11-8-17(12-21)20-9-6-16(19)7-10-20/h2-5,13,16-17H,6-12,19H2,1H3. The molecule has 0 amide bonds. The van der Waals surface area contributed by atoms with Gasteiger partial charge in [-0.15, -0.1) is 0 Å². The molecule has 2 saturated heterocycles. The third-order valence-corrected chi connectivity index (χ3v) is 5.19. The molecule has 0 aliphatic carbocycles. The van der Waals surface area contributed by atoms with Gasteiger partial charge in [-0.25, -0.2) is 4.39 Å². The van der Waals surface area contributed by atoms with Crippen molar-refractivity contribution in [2.24, 2.45) is 5.73 Å². The van der Waals surface area contributed by atoms with Gasteiger partial charge in [-0.3, -0.25) is 9.80 Å². The van der Waals surface area contributed by atoms with Gasteiger partial charge >= 0.3 is 0 Å². The van der Waals surface area contributed by atoms with Gasteiger partial charge in [0.1, 0.15) is 5.82 Å². The van der Waals surface area contributed by atoms with E-state index in [0.717, 1.165) is 39.0 Å². The van der Waals surface area contributed by atoms with Crippen molar-refractivity contribution >= 4 is 0 Å². The molecule has 0 saturated carbocycles. The van der Waals surface area contributed by atoms with Crippen molar-refractivity contribution in [2.45, 2.75) is 44.3 Å². The maximum Gasteiger partial charge on any atom is 0.123 e. The summed E-state index contributed by atoms with van der Waals surface area (Å²) in [5.74, 6) is -0.157. The molecule has 0 spiro atoms. The first-order valence-corrected chi connectivity index (χ1v) is 8.12. The molecule has 0 radical (unpaired) electrons. The zero-order valence-corrected chi connectivity index (χ0v) is 12.8. The number of hydrogen-bond acceptors (Lipinski definition) is 3. The Morgan fingerprint density at radius 2 is 1.76 bits per heavy atom. The van der Waals surface area contributed by atoms with E-state index in [1.165, 1.54) is 12.0 Å². The second-order valence-corrected chi connectivity index (χ2v) is 6.54. The van der Waals surface area contributed by atoms with E-state index in [9.17, 15) is 4.39 Å². The lowest BCUT2D eigenvalue weighted by Crippen LogP contribution is -2.46. The molecule has 2 fully saturated rings. The maximum absolute atomic E-state index is 13.0. The highest BCUT2D eigenvalue weighted by Gasteiger charge is 2.32. The fraction of sp³-hybridized carbons (Fsp3) is 0.647. The van der Waals surface area contributed by atoms with E-state index in [1.807, 2.05) is 12.1 Å². The molecule has 21 heavy (non-hydrogen) atoms. The highest BCUT2D eigenvalue weighted by atomic mass is 19.1. The Kier molecular flexibility index (Phi) is 4.57. The zero-order valence-electron chi connectivity index (χ0n) is 12.8. The zero-order chi connectivity index (χ0) is 14.8. The molecule has 3 rings (SSSR count). The Balaban J connectivity index is 1.57. The summed E-state index contributed by atoms with van der Waals surface area (Å²) in [6.07, 6.45) is 3.49. The molecule has 2 N–H and O–H groups in total. The average molecular weight is 291 g/mol. The Hall–Kier alpha value is -0.970. The molecule has 0 bridgehead atoms. The Morgan fingerprint density at radius 1 is 1.10 bits per heavy atom. The van der Waals surface area contributed by atoms with Crippen LogP contribution >= 0.6 is 0 Å². The first-order valence-electron chi connectivity index (χ1n) is 8.12. The van der Waals surface area contributed by atoms with Crippen LogP contribution in [0.2, 0.25) is 0 Å². The number of halogens is 1. The van der Waals surface area contributed by atoms with E-state index in [2.05, 4.69) is 16.7 Å². The lowest BCUT2D eigenvalue weighted by atomic mass is 10.0. The maximum atomic E-state index is 13.0. The van der Waals surface area contributed by atoms with Gasteiger partial charge in [0, 0.05) is 31.2 Å². The van der Waals surface area contributed by atoms with Gasteiger partial charge < -0.3 is 5.73 Å². The van der Waals surface area contributed by atoms with E-state index in [0.29, 0.717) is 18.1 Å². The summed E-state index contributed by atoms with van der Waals surface area (Å²) in [6, 6.07) is 8.37. The molecule has 116 valence electrons. The number of benzene rings is 1. The molecule has 3 nitrogen and oxygen atoms in total. The molecule has 1 aromatic carbocycles. The van der Waals surface area contributed by atoms with Gasteiger partial charge in [0.2, 0.25) is 0 Å². The largest absolute Gasteiger partial charge is 0.328 e. The molecule has 0 aromatic heterocycles. The lowest BCUT2D eigenvalue weighted by molar-refractivity contribution is 0.146.